The monoisotopic (exact) mass is 206 g/mol. The highest BCUT2D eigenvalue weighted by molar-refractivity contribution is 5.88. The van der Waals surface area contributed by atoms with Crippen LogP contribution >= 0.6 is 0 Å². The van der Waals surface area contributed by atoms with Gasteiger partial charge in [-0.1, -0.05) is 26.0 Å². The standard InChI is InChI=1S/C12H18N2O/c1-9(15)14-11-6-4-10(5-7-11)12(2,3)8-13/h4-7H,8,13H2,1-3H3,(H,14,15). The van der Waals surface area contributed by atoms with E-state index >= 15 is 0 Å². The van der Waals surface area contributed by atoms with E-state index in [0.717, 1.165) is 5.69 Å². The van der Waals surface area contributed by atoms with Crippen LogP contribution in [-0.2, 0) is 10.2 Å². The summed E-state index contributed by atoms with van der Waals surface area (Å²) < 4.78 is 0. The maximum Gasteiger partial charge on any atom is 0.221 e. The third kappa shape index (κ3) is 3.06. The topological polar surface area (TPSA) is 55.1 Å². The zero-order chi connectivity index (χ0) is 11.5. The van der Waals surface area contributed by atoms with E-state index in [1.165, 1.54) is 12.5 Å². The van der Waals surface area contributed by atoms with Crippen molar-refractivity contribution in [3.8, 4) is 0 Å². The van der Waals surface area contributed by atoms with E-state index in [0.29, 0.717) is 6.54 Å². The lowest BCUT2D eigenvalue weighted by atomic mass is 9.85. The van der Waals surface area contributed by atoms with Crippen LogP contribution in [-0.4, -0.2) is 12.5 Å². The van der Waals surface area contributed by atoms with Gasteiger partial charge in [-0.15, -0.1) is 0 Å². The van der Waals surface area contributed by atoms with Gasteiger partial charge in [0.05, 0.1) is 0 Å². The van der Waals surface area contributed by atoms with E-state index in [1.807, 2.05) is 24.3 Å². The number of nitrogens with two attached hydrogens (primary N) is 1. The Morgan fingerprint density at radius 2 is 1.87 bits per heavy atom. The van der Waals surface area contributed by atoms with Crippen molar-refractivity contribution in [2.75, 3.05) is 11.9 Å². The van der Waals surface area contributed by atoms with Crippen molar-refractivity contribution in [3.05, 3.63) is 29.8 Å². The van der Waals surface area contributed by atoms with Crippen LogP contribution in [0.2, 0.25) is 0 Å². The summed E-state index contributed by atoms with van der Waals surface area (Å²) in [5.41, 5.74) is 7.67. The number of nitrogens with one attached hydrogen (secondary N) is 1. The van der Waals surface area contributed by atoms with Crippen LogP contribution in [0, 0.1) is 0 Å². The molecule has 3 heteroatoms. The Hall–Kier alpha value is -1.35. The van der Waals surface area contributed by atoms with Crippen LogP contribution < -0.4 is 11.1 Å². The van der Waals surface area contributed by atoms with Crippen LogP contribution in [0.1, 0.15) is 26.3 Å². The maximum atomic E-state index is 10.8. The maximum absolute atomic E-state index is 10.8. The average molecular weight is 206 g/mol. The minimum atomic E-state index is -0.0548. The van der Waals surface area contributed by atoms with Crippen molar-refractivity contribution < 1.29 is 4.79 Å². The molecule has 1 aromatic rings. The summed E-state index contributed by atoms with van der Waals surface area (Å²) in [6, 6.07) is 7.79. The predicted octanol–water partition coefficient (Wildman–Crippen LogP) is 1.88. The van der Waals surface area contributed by atoms with Crippen molar-refractivity contribution in [3.63, 3.8) is 0 Å². The smallest absolute Gasteiger partial charge is 0.221 e. The number of anilines is 1. The van der Waals surface area contributed by atoms with Gasteiger partial charge >= 0.3 is 0 Å². The minimum Gasteiger partial charge on any atom is -0.330 e. The average Bonchev–Trinajstić information content (AvgIpc) is 2.18. The van der Waals surface area contributed by atoms with Crippen LogP contribution in [0.3, 0.4) is 0 Å². The Balaban J connectivity index is 2.85. The fourth-order valence-corrected chi connectivity index (χ4v) is 1.33. The molecule has 0 aliphatic heterocycles. The minimum absolute atomic E-state index is 0.0191. The number of amides is 1. The third-order valence-corrected chi connectivity index (χ3v) is 2.50. The molecule has 0 saturated carbocycles. The van der Waals surface area contributed by atoms with Gasteiger partial charge in [0.2, 0.25) is 5.91 Å². The molecule has 0 fully saturated rings. The number of carbonyl (C=O) groups excluding carboxylic acids is 1. The second kappa shape index (κ2) is 4.45. The lowest BCUT2D eigenvalue weighted by Crippen LogP contribution is -2.27. The molecule has 0 spiro atoms. The molecular formula is C12H18N2O. The molecule has 0 aromatic heterocycles. The van der Waals surface area contributed by atoms with E-state index in [1.54, 1.807) is 0 Å². The van der Waals surface area contributed by atoms with Gasteiger partial charge in [0.15, 0.2) is 0 Å². The van der Waals surface area contributed by atoms with E-state index in [9.17, 15) is 4.79 Å². The number of benzene rings is 1. The summed E-state index contributed by atoms with van der Waals surface area (Å²) >= 11 is 0. The van der Waals surface area contributed by atoms with Gasteiger partial charge in [-0.2, -0.15) is 0 Å². The number of hydrogen-bond donors (Lipinski definition) is 2. The molecule has 0 unspecified atom stereocenters. The first-order valence-electron chi connectivity index (χ1n) is 5.04. The molecule has 0 saturated heterocycles. The van der Waals surface area contributed by atoms with Crippen LogP contribution in [0.25, 0.3) is 0 Å². The van der Waals surface area contributed by atoms with Crippen molar-refractivity contribution in [1.29, 1.82) is 0 Å². The molecule has 0 heterocycles. The van der Waals surface area contributed by atoms with Crippen molar-refractivity contribution in [2.24, 2.45) is 5.73 Å². The number of rotatable bonds is 3. The highest BCUT2D eigenvalue weighted by Gasteiger charge is 2.17. The second-order valence-corrected chi connectivity index (χ2v) is 4.35. The van der Waals surface area contributed by atoms with Gasteiger partial charge in [0.25, 0.3) is 0 Å². The predicted molar refractivity (Wildman–Crippen MR) is 62.8 cm³/mol. The molecule has 1 rings (SSSR count). The largest absolute Gasteiger partial charge is 0.330 e. The quantitative estimate of drug-likeness (QED) is 0.793. The first kappa shape index (κ1) is 11.7. The SMILES string of the molecule is CC(=O)Nc1ccc(C(C)(C)CN)cc1. The highest BCUT2D eigenvalue weighted by atomic mass is 16.1. The molecule has 0 bridgehead atoms. The lowest BCUT2D eigenvalue weighted by Gasteiger charge is -2.23. The third-order valence-electron chi connectivity index (χ3n) is 2.50. The van der Waals surface area contributed by atoms with Crippen molar-refractivity contribution >= 4 is 11.6 Å². The summed E-state index contributed by atoms with van der Waals surface area (Å²) in [6.07, 6.45) is 0. The Morgan fingerprint density at radius 3 is 2.27 bits per heavy atom. The van der Waals surface area contributed by atoms with E-state index in [-0.39, 0.29) is 11.3 Å². The van der Waals surface area contributed by atoms with E-state index < -0.39 is 0 Å². The van der Waals surface area contributed by atoms with Gasteiger partial charge in [-0.3, -0.25) is 4.79 Å². The van der Waals surface area contributed by atoms with Crippen LogP contribution in [0.5, 0.6) is 0 Å². The normalized spacial score (nSPS) is 11.2. The summed E-state index contributed by atoms with van der Waals surface area (Å²) in [5.74, 6) is -0.0548. The molecule has 0 aliphatic rings. The molecule has 0 atom stereocenters. The zero-order valence-electron chi connectivity index (χ0n) is 9.50. The van der Waals surface area contributed by atoms with Crippen LogP contribution in [0.4, 0.5) is 5.69 Å². The van der Waals surface area contributed by atoms with Crippen LogP contribution in [0.15, 0.2) is 24.3 Å². The zero-order valence-corrected chi connectivity index (χ0v) is 9.50. The van der Waals surface area contributed by atoms with Gasteiger partial charge in [-0.05, 0) is 17.7 Å². The Labute approximate surface area is 90.7 Å². The first-order chi connectivity index (χ1) is 6.95. The van der Waals surface area contributed by atoms with Crippen molar-refractivity contribution in [2.45, 2.75) is 26.2 Å². The van der Waals surface area contributed by atoms with E-state index in [4.69, 9.17) is 5.73 Å². The van der Waals surface area contributed by atoms with Crippen molar-refractivity contribution in [1.82, 2.24) is 0 Å². The summed E-state index contributed by atoms with van der Waals surface area (Å²) in [7, 11) is 0. The molecule has 82 valence electrons. The second-order valence-electron chi connectivity index (χ2n) is 4.35. The first-order valence-corrected chi connectivity index (χ1v) is 5.04. The Morgan fingerprint density at radius 1 is 1.33 bits per heavy atom. The molecule has 15 heavy (non-hydrogen) atoms. The summed E-state index contributed by atoms with van der Waals surface area (Å²) in [5, 5.41) is 2.73. The number of hydrogen-bond acceptors (Lipinski definition) is 2. The Bertz CT molecular complexity index is 341. The van der Waals surface area contributed by atoms with Gasteiger partial charge in [-0.25, -0.2) is 0 Å². The van der Waals surface area contributed by atoms with Gasteiger partial charge in [0, 0.05) is 24.6 Å². The fourth-order valence-electron chi connectivity index (χ4n) is 1.33. The van der Waals surface area contributed by atoms with Gasteiger partial charge in [0.1, 0.15) is 0 Å². The fraction of sp³-hybridized carbons (Fsp3) is 0.417. The molecule has 1 aromatic carbocycles. The number of carbonyl (C=O) groups is 1. The molecule has 0 radical (unpaired) electrons. The molecule has 0 aliphatic carbocycles. The summed E-state index contributed by atoms with van der Waals surface area (Å²) in [6.45, 7) is 6.30. The van der Waals surface area contributed by atoms with E-state index in [2.05, 4.69) is 19.2 Å². The molecular weight excluding hydrogens is 188 g/mol. The lowest BCUT2D eigenvalue weighted by molar-refractivity contribution is -0.114. The summed E-state index contributed by atoms with van der Waals surface area (Å²) in [4.78, 5) is 10.8. The Kier molecular flexibility index (Phi) is 3.48. The highest BCUT2D eigenvalue weighted by Crippen LogP contribution is 2.23. The molecule has 3 N–H and O–H groups in total. The van der Waals surface area contributed by atoms with Gasteiger partial charge < -0.3 is 11.1 Å². The molecule has 3 nitrogen and oxygen atoms in total. The molecule has 1 amide bonds.